The van der Waals surface area contributed by atoms with Crippen molar-refractivity contribution in [3.63, 3.8) is 0 Å². The molecule has 0 spiro atoms. The Balaban J connectivity index is 3.12. The summed E-state index contributed by atoms with van der Waals surface area (Å²) >= 11 is 1.49. The van der Waals surface area contributed by atoms with Gasteiger partial charge >= 0.3 is 0 Å². The predicted octanol–water partition coefficient (Wildman–Crippen LogP) is 1.63. The van der Waals surface area contributed by atoms with Crippen LogP contribution in [-0.2, 0) is 0 Å². The Kier molecular flexibility index (Phi) is 1.11. The lowest BCUT2D eigenvalue weighted by molar-refractivity contribution is 1.50. The molecule has 37 valence electrons. The first-order valence-corrected chi connectivity index (χ1v) is 2.81. The molecule has 0 saturated heterocycles. The molecule has 1 aromatic heterocycles. The molecule has 7 heavy (non-hydrogen) atoms. The minimum atomic E-state index is 1.05. The highest BCUT2D eigenvalue weighted by Gasteiger charge is 1.89. The van der Waals surface area contributed by atoms with Crippen LogP contribution in [0.4, 0.5) is 0 Å². The predicted molar refractivity (Wildman–Crippen MR) is 31.3 cm³/mol. The molecule has 0 saturated carbocycles. The van der Waals surface area contributed by atoms with Crippen molar-refractivity contribution < 1.29 is 0 Å². The summed E-state index contributed by atoms with van der Waals surface area (Å²) in [6, 6.07) is 0. The van der Waals surface area contributed by atoms with Crippen molar-refractivity contribution in [2.75, 3.05) is 0 Å². The van der Waals surface area contributed by atoms with Gasteiger partial charge in [0.1, 0.15) is 0 Å². The molecule has 1 heterocycles. The number of rotatable bonds is 0. The average molecular weight is 112 g/mol. The number of hydrogen-bond donors (Lipinski definition) is 0. The van der Waals surface area contributed by atoms with Crippen LogP contribution in [0, 0.1) is 13.8 Å². The maximum Gasteiger partial charge on any atom is 0.0441 e. The second-order valence-corrected chi connectivity index (χ2v) is 2.41. The highest BCUT2D eigenvalue weighted by atomic mass is 32.1. The quantitative estimate of drug-likeness (QED) is 0.497. The molecule has 0 aromatic carbocycles. The highest BCUT2D eigenvalue weighted by molar-refractivity contribution is 7.05. The Morgan fingerprint density at radius 2 is 2.57 bits per heavy atom. The SMILES string of the molecule is [CH2]c1cnsc1C. The number of hydrogen-bond acceptors (Lipinski definition) is 2. The van der Waals surface area contributed by atoms with Gasteiger partial charge in [-0.1, -0.05) is 0 Å². The first-order chi connectivity index (χ1) is 3.30. The van der Waals surface area contributed by atoms with Gasteiger partial charge in [0.25, 0.3) is 0 Å². The van der Waals surface area contributed by atoms with E-state index in [-0.39, 0.29) is 0 Å². The van der Waals surface area contributed by atoms with Crippen LogP contribution >= 0.6 is 11.5 Å². The van der Waals surface area contributed by atoms with Crippen LogP contribution in [0.5, 0.6) is 0 Å². The van der Waals surface area contributed by atoms with Crippen LogP contribution in [0.25, 0.3) is 0 Å². The van der Waals surface area contributed by atoms with Crippen molar-refractivity contribution in [2.24, 2.45) is 0 Å². The summed E-state index contributed by atoms with van der Waals surface area (Å²) in [6.45, 7) is 5.74. The van der Waals surface area contributed by atoms with Gasteiger partial charge in [-0.15, -0.1) is 0 Å². The summed E-state index contributed by atoms with van der Waals surface area (Å²) in [5, 5.41) is 0. The van der Waals surface area contributed by atoms with Gasteiger partial charge in [-0.3, -0.25) is 0 Å². The standard InChI is InChI=1S/C5H6NS/c1-4-3-6-7-5(4)2/h3H,1H2,2H3. The van der Waals surface area contributed by atoms with Crippen LogP contribution in [0.3, 0.4) is 0 Å². The Hall–Kier alpha value is -0.370. The molecular weight excluding hydrogens is 106 g/mol. The molecule has 0 bridgehead atoms. The van der Waals surface area contributed by atoms with Gasteiger partial charge in [0, 0.05) is 11.1 Å². The molecule has 0 amide bonds. The summed E-state index contributed by atoms with van der Waals surface area (Å²) in [5.41, 5.74) is 1.05. The molecule has 1 radical (unpaired) electrons. The van der Waals surface area contributed by atoms with E-state index < -0.39 is 0 Å². The van der Waals surface area contributed by atoms with E-state index >= 15 is 0 Å². The van der Waals surface area contributed by atoms with Crippen molar-refractivity contribution in [3.05, 3.63) is 23.6 Å². The van der Waals surface area contributed by atoms with E-state index in [0.717, 1.165) is 5.56 Å². The maximum atomic E-state index is 3.90. The van der Waals surface area contributed by atoms with Crippen molar-refractivity contribution >= 4 is 11.5 Å². The Morgan fingerprint density at radius 3 is 2.71 bits per heavy atom. The van der Waals surface area contributed by atoms with E-state index in [9.17, 15) is 0 Å². The Morgan fingerprint density at radius 1 is 1.86 bits per heavy atom. The van der Waals surface area contributed by atoms with Crippen LogP contribution in [0.15, 0.2) is 6.20 Å². The van der Waals surface area contributed by atoms with Crippen molar-refractivity contribution in [2.45, 2.75) is 6.92 Å². The van der Waals surface area contributed by atoms with Crippen molar-refractivity contribution in [3.8, 4) is 0 Å². The fraction of sp³-hybridized carbons (Fsp3) is 0.200. The number of nitrogens with zero attached hydrogens (tertiary/aromatic N) is 1. The molecule has 2 heteroatoms. The van der Waals surface area contributed by atoms with Crippen LogP contribution < -0.4 is 0 Å². The second kappa shape index (κ2) is 1.62. The second-order valence-electron chi connectivity index (χ2n) is 1.41. The molecule has 0 unspecified atom stereocenters. The molecule has 0 N–H and O–H groups in total. The van der Waals surface area contributed by atoms with E-state index in [1.807, 2.05) is 6.92 Å². The molecule has 1 rings (SSSR count). The van der Waals surface area contributed by atoms with E-state index in [4.69, 9.17) is 0 Å². The third-order valence-corrected chi connectivity index (χ3v) is 1.60. The zero-order chi connectivity index (χ0) is 5.28. The third kappa shape index (κ3) is 0.800. The highest BCUT2D eigenvalue weighted by Crippen LogP contribution is 2.07. The third-order valence-electron chi connectivity index (χ3n) is 0.850. The molecule has 0 aliphatic rings. The van der Waals surface area contributed by atoms with E-state index in [1.165, 1.54) is 16.4 Å². The maximum absolute atomic E-state index is 3.90. The molecule has 0 fully saturated rings. The van der Waals surface area contributed by atoms with Gasteiger partial charge in [-0.05, 0) is 30.9 Å². The first kappa shape index (κ1) is 4.78. The summed E-state index contributed by atoms with van der Waals surface area (Å²) in [4.78, 5) is 1.21. The smallest absolute Gasteiger partial charge is 0.0441 e. The zero-order valence-corrected chi connectivity index (χ0v) is 4.96. The fourth-order valence-electron chi connectivity index (χ4n) is 0.319. The lowest BCUT2D eigenvalue weighted by Gasteiger charge is -1.76. The fourth-order valence-corrected chi connectivity index (χ4v) is 0.827. The van der Waals surface area contributed by atoms with Gasteiger partial charge in [0.2, 0.25) is 0 Å². The van der Waals surface area contributed by atoms with E-state index in [1.54, 1.807) is 6.20 Å². The molecule has 1 nitrogen and oxygen atoms in total. The van der Waals surface area contributed by atoms with Gasteiger partial charge in [0.15, 0.2) is 0 Å². The van der Waals surface area contributed by atoms with Gasteiger partial charge in [-0.2, -0.15) is 0 Å². The number of aromatic nitrogens is 1. The summed E-state index contributed by atoms with van der Waals surface area (Å²) in [5.74, 6) is 0. The van der Waals surface area contributed by atoms with Gasteiger partial charge in [0.05, 0.1) is 0 Å². The van der Waals surface area contributed by atoms with Gasteiger partial charge in [-0.25, -0.2) is 4.37 Å². The van der Waals surface area contributed by atoms with Crippen LogP contribution in [0.1, 0.15) is 10.4 Å². The largest absolute Gasteiger partial charge is 0.201 e. The van der Waals surface area contributed by atoms with Crippen molar-refractivity contribution in [1.29, 1.82) is 0 Å². The average Bonchev–Trinajstić information content (AvgIpc) is 1.91. The normalized spacial score (nSPS) is 9.43. The molecule has 0 aliphatic carbocycles. The Bertz CT molecular complexity index is 140. The van der Waals surface area contributed by atoms with Crippen molar-refractivity contribution in [1.82, 2.24) is 4.37 Å². The minimum absolute atomic E-state index is 1.05. The topological polar surface area (TPSA) is 12.9 Å². The summed E-state index contributed by atoms with van der Waals surface area (Å²) < 4.78 is 3.90. The summed E-state index contributed by atoms with van der Waals surface area (Å²) in [6.07, 6.45) is 1.78. The van der Waals surface area contributed by atoms with E-state index in [2.05, 4.69) is 11.3 Å². The monoisotopic (exact) mass is 112 g/mol. The molecular formula is C5H6NS. The lowest BCUT2D eigenvalue weighted by Crippen LogP contribution is -1.62. The van der Waals surface area contributed by atoms with Crippen LogP contribution in [0.2, 0.25) is 0 Å². The molecule has 0 atom stereocenters. The Labute approximate surface area is 47.2 Å². The first-order valence-electron chi connectivity index (χ1n) is 2.04. The van der Waals surface area contributed by atoms with Crippen LogP contribution in [-0.4, -0.2) is 4.37 Å². The minimum Gasteiger partial charge on any atom is -0.201 e. The lowest BCUT2D eigenvalue weighted by atomic mass is 10.3. The molecule has 0 aliphatic heterocycles. The summed E-state index contributed by atoms with van der Waals surface area (Å²) in [7, 11) is 0. The molecule has 1 aromatic rings. The van der Waals surface area contributed by atoms with Gasteiger partial charge < -0.3 is 0 Å². The zero-order valence-electron chi connectivity index (χ0n) is 4.14. The van der Waals surface area contributed by atoms with E-state index in [0.29, 0.717) is 0 Å². The number of aryl methyl sites for hydroxylation is 1.